The maximum atomic E-state index is 5.00. The van der Waals surface area contributed by atoms with Gasteiger partial charge in [0.15, 0.2) is 0 Å². The van der Waals surface area contributed by atoms with Crippen LogP contribution in [0.15, 0.2) is 0 Å². The van der Waals surface area contributed by atoms with Crippen LogP contribution in [-0.4, -0.2) is 45.4 Å². The SMILES string of the molecule is COCCC(C)[N+](C)(C)C. The van der Waals surface area contributed by atoms with Gasteiger partial charge in [-0.05, 0) is 6.92 Å². The molecule has 0 saturated carbocycles. The van der Waals surface area contributed by atoms with Gasteiger partial charge in [0.25, 0.3) is 0 Å². The van der Waals surface area contributed by atoms with Crippen LogP contribution in [0.5, 0.6) is 0 Å². The molecule has 10 heavy (non-hydrogen) atoms. The highest BCUT2D eigenvalue weighted by Gasteiger charge is 2.16. The molecule has 1 atom stereocenters. The Morgan fingerprint density at radius 2 is 1.80 bits per heavy atom. The molecule has 0 fully saturated rings. The fraction of sp³-hybridized carbons (Fsp3) is 1.00. The molecule has 0 aliphatic rings. The van der Waals surface area contributed by atoms with Crippen LogP contribution in [0, 0.1) is 0 Å². The molecule has 0 rings (SSSR count). The Bertz CT molecular complexity index is 85.7. The van der Waals surface area contributed by atoms with E-state index in [9.17, 15) is 0 Å². The van der Waals surface area contributed by atoms with Gasteiger partial charge in [-0.2, -0.15) is 0 Å². The van der Waals surface area contributed by atoms with Gasteiger partial charge in [0.2, 0.25) is 0 Å². The summed E-state index contributed by atoms with van der Waals surface area (Å²) in [6.07, 6.45) is 1.14. The fourth-order valence-electron chi connectivity index (χ4n) is 0.676. The lowest BCUT2D eigenvalue weighted by molar-refractivity contribution is -0.894. The number of quaternary nitrogens is 1. The first-order valence-corrected chi connectivity index (χ1v) is 3.78. The van der Waals surface area contributed by atoms with E-state index in [1.807, 2.05) is 0 Å². The van der Waals surface area contributed by atoms with Gasteiger partial charge in [-0.25, -0.2) is 0 Å². The van der Waals surface area contributed by atoms with Crippen LogP contribution in [0.1, 0.15) is 13.3 Å². The Balaban J connectivity index is 3.52. The first kappa shape index (κ1) is 9.92. The van der Waals surface area contributed by atoms with E-state index < -0.39 is 0 Å². The second-order valence-corrected chi connectivity index (χ2v) is 3.75. The van der Waals surface area contributed by atoms with E-state index in [1.54, 1.807) is 7.11 Å². The van der Waals surface area contributed by atoms with Gasteiger partial charge < -0.3 is 9.22 Å². The molecule has 1 unspecified atom stereocenters. The van der Waals surface area contributed by atoms with Crippen molar-refractivity contribution in [2.45, 2.75) is 19.4 Å². The highest BCUT2D eigenvalue weighted by Crippen LogP contribution is 2.05. The molecule has 0 amide bonds. The third kappa shape index (κ3) is 3.85. The quantitative estimate of drug-likeness (QED) is 0.540. The number of nitrogens with zero attached hydrogens (tertiary/aromatic N) is 1. The van der Waals surface area contributed by atoms with Crippen LogP contribution >= 0.6 is 0 Å². The van der Waals surface area contributed by atoms with Gasteiger partial charge in [0.1, 0.15) is 0 Å². The number of methoxy groups -OCH3 is 1. The largest absolute Gasteiger partial charge is 0.384 e. The van der Waals surface area contributed by atoms with Crippen LogP contribution in [0.3, 0.4) is 0 Å². The molecule has 0 aromatic carbocycles. The number of rotatable bonds is 4. The lowest BCUT2D eigenvalue weighted by Gasteiger charge is -2.31. The van der Waals surface area contributed by atoms with Gasteiger partial charge in [-0.1, -0.05) is 0 Å². The van der Waals surface area contributed by atoms with Crippen molar-refractivity contribution in [1.82, 2.24) is 0 Å². The average molecular weight is 146 g/mol. The Morgan fingerprint density at radius 1 is 1.30 bits per heavy atom. The molecule has 0 aromatic rings. The topological polar surface area (TPSA) is 9.23 Å². The maximum Gasteiger partial charge on any atom is 0.0877 e. The number of hydrogen-bond acceptors (Lipinski definition) is 1. The molecule has 0 aromatic heterocycles. The molecular weight excluding hydrogens is 126 g/mol. The first-order chi connectivity index (χ1) is 4.48. The van der Waals surface area contributed by atoms with E-state index >= 15 is 0 Å². The molecule has 0 aliphatic heterocycles. The van der Waals surface area contributed by atoms with E-state index in [-0.39, 0.29) is 0 Å². The summed E-state index contributed by atoms with van der Waals surface area (Å²) in [5.74, 6) is 0. The normalized spacial score (nSPS) is 15.3. The van der Waals surface area contributed by atoms with Crippen LogP contribution in [0.4, 0.5) is 0 Å². The Labute approximate surface area is 64.4 Å². The third-order valence-electron chi connectivity index (χ3n) is 2.06. The van der Waals surface area contributed by atoms with Crippen molar-refractivity contribution in [3.63, 3.8) is 0 Å². The number of ether oxygens (including phenoxy) is 1. The smallest absolute Gasteiger partial charge is 0.0877 e. The molecule has 0 heterocycles. The zero-order valence-electron chi connectivity index (χ0n) is 7.85. The van der Waals surface area contributed by atoms with Crippen LogP contribution in [0.2, 0.25) is 0 Å². The number of hydrogen-bond donors (Lipinski definition) is 0. The van der Waals surface area contributed by atoms with Gasteiger partial charge in [0.05, 0.1) is 33.8 Å². The van der Waals surface area contributed by atoms with E-state index in [1.165, 1.54) is 0 Å². The van der Waals surface area contributed by atoms with Crippen molar-refractivity contribution in [1.29, 1.82) is 0 Å². The Morgan fingerprint density at radius 3 is 2.10 bits per heavy atom. The van der Waals surface area contributed by atoms with E-state index in [2.05, 4.69) is 28.1 Å². The summed E-state index contributed by atoms with van der Waals surface area (Å²) in [6.45, 7) is 3.12. The molecule has 0 saturated heterocycles. The Hall–Kier alpha value is -0.0800. The third-order valence-corrected chi connectivity index (χ3v) is 2.06. The van der Waals surface area contributed by atoms with Crippen molar-refractivity contribution in [2.75, 3.05) is 34.9 Å². The van der Waals surface area contributed by atoms with Gasteiger partial charge in [0, 0.05) is 13.5 Å². The van der Waals surface area contributed by atoms with E-state index in [0.29, 0.717) is 6.04 Å². The van der Waals surface area contributed by atoms with Crippen molar-refractivity contribution in [2.24, 2.45) is 0 Å². The monoisotopic (exact) mass is 146 g/mol. The predicted octanol–water partition coefficient (Wildman–Crippen LogP) is 1.12. The molecular formula is C8H20NO+. The predicted molar refractivity (Wildman–Crippen MR) is 44.0 cm³/mol. The molecule has 2 nitrogen and oxygen atoms in total. The van der Waals surface area contributed by atoms with Crippen LogP contribution < -0.4 is 0 Å². The molecule has 0 radical (unpaired) electrons. The minimum Gasteiger partial charge on any atom is -0.384 e. The molecule has 62 valence electrons. The standard InChI is InChI=1S/C8H20NO/c1-8(6-7-10-5)9(2,3)4/h8H,6-7H2,1-5H3/q+1. The van der Waals surface area contributed by atoms with Crippen molar-refractivity contribution < 1.29 is 9.22 Å². The summed E-state index contributed by atoms with van der Waals surface area (Å²) in [5, 5.41) is 0. The molecule has 0 N–H and O–H groups in total. The van der Waals surface area contributed by atoms with Crippen molar-refractivity contribution in [3.8, 4) is 0 Å². The highest BCUT2D eigenvalue weighted by molar-refractivity contribution is 4.47. The summed E-state index contributed by atoms with van der Waals surface area (Å²) >= 11 is 0. The van der Waals surface area contributed by atoms with Gasteiger partial charge in [-0.3, -0.25) is 0 Å². The summed E-state index contributed by atoms with van der Waals surface area (Å²) in [7, 11) is 8.38. The minimum atomic E-state index is 0.681. The lowest BCUT2D eigenvalue weighted by Crippen LogP contribution is -2.43. The summed E-state index contributed by atoms with van der Waals surface area (Å²) < 4.78 is 6.01. The van der Waals surface area contributed by atoms with Crippen LogP contribution in [-0.2, 0) is 4.74 Å². The second kappa shape index (κ2) is 3.94. The van der Waals surface area contributed by atoms with Crippen molar-refractivity contribution in [3.05, 3.63) is 0 Å². The molecule has 0 spiro atoms. The Kier molecular flexibility index (Phi) is 3.91. The first-order valence-electron chi connectivity index (χ1n) is 3.78. The van der Waals surface area contributed by atoms with Gasteiger partial charge in [-0.15, -0.1) is 0 Å². The summed E-state index contributed by atoms with van der Waals surface area (Å²) in [6, 6.07) is 0.681. The van der Waals surface area contributed by atoms with Crippen LogP contribution in [0.25, 0.3) is 0 Å². The van der Waals surface area contributed by atoms with Crippen molar-refractivity contribution >= 4 is 0 Å². The molecule has 0 aliphatic carbocycles. The molecule has 0 bridgehead atoms. The minimum absolute atomic E-state index is 0.681. The van der Waals surface area contributed by atoms with E-state index in [4.69, 9.17) is 4.74 Å². The molecule has 2 heteroatoms. The maximum absolute atomic E-state index is 5.00. The lowest BCUT2D eigenvalue weighted by atomic mass is 10.2. The summed E-state index contributed by atoms with van der Waals surface area (Å²) in [4.78, 5) is 0. The summed E-state index contributed by atoms with van der Waals surface area (Å²) in [5.41, 5.74) is 0. The second-order valence-electron chi connectivity index (χ2n) is 3.75. The highest BCUT2D eigenvalue weighted by atomic mass is 16.5. The van der Waals surface area contributed by atoms with Gasteiger partial charge >= 0.3 is 0 Å². The van der Waals surface area contributed by atoms with E-state index in [0.717, 1.165) is 17.5 Å². The zero-order valence-corrected chi connectivity index (χ0v) is 7.85. The average Bonchev–Trinajstić information content (AvgIpc) is 1.80. The zero-order chi connectivity index (χ0) is 8.20. The fourth-order valence-corrected chi connectivity index (χ4v) is 0.676.